The van der Waals surface area contributed by atoms with Gasteiger partial charge in [0, 0.05) is 11.9 Å². The number of benzene rings is 2. The third-order valence-electron chi connectivity index (χ3n) is 4.62. The summed E-state index contributed by atoms with van der Waals surface area (Å²) in [5.41, 5.74) is 2.96. The van der Waals surface area contributed by atoms with Gasteiger partial charge < -0.3 is 14.8 Å². The van der Waals surface area contributed by atoms with Crippen molar-refractivity contribution in [2.45, 2.75) is 20.3 Å². The molecule has 30 heavy (non-hydrogen) atoms. The number of fused-ring (bicyclic) bond motifs is 1. The predicted molar refractivity (Wildman–Crippen MR) is 115 cm³/mol. The summed E-state index contributed by atoms with van der Waals surface area (Å²) in [6.07, 6.45) is 3.79. The molecule has 0 bridgehead atoms. The molecule has 0 radical (unpaired) electrons. The smallest absolute Gasteiger partial charge is 0.340 e. The van der Waals surface area contributed by atoms with Gasteiger partial charge >= 0.3 is 5.97 Å². The minimum Gasteiger partial charge on any atom is -0.462 e. The summed E-state index contributed by atoms with van der Waals surface area (Å²) >= 11 is 0. The first-order valence-corrected chi connectivity index (χ1v) is 9.82. The summed E-state index contributed by atoms with van der Waals surface area (Å²) in [5, 5.41) is 7.57. The third kappa shape index (κ3) is 3.96. The lowest BCUT2D eigenvalue weighted by atomic mass is 10.1. The van der Waals surface area contributed by atoms with Crippen molar-refractivity contribution in [3.63, 3.8) is 0 Å². The van der Waals surface area contributed by atoms with E-state index in [-0.39, 0.29) is 5.97 Å². The topological polar surface area (TPSA) is 77.8 Å². The second kappa shape index (κ2) is 8.65. The fourth-order valence-corrected chi connectivity index (χ4v) is 3.28. The molecule has 0 fully saturated rings. The molecule has 7 nitrogen and oxygen atoms in total. The van der Waals surface area contributed by atoms with Gasteiger partial charge in [-0.25, -0.2) is 14.3 Å². The van der Waals surface area contributed by atoms with E-state index in [1.807, 2.05) is 61.5 Å². The van der Waals surface area contributed by atoms with Gasteiger partial charge in [0.15, 0.2) is 5.82 Å². The molecule has 4 rings (SSSR count). The molecule has 0 aliphatic carbocycles. The van der Waals surface area contributed by atoms with Crippen molar-refractivity contribution < 1.29 is 14.3 Å². The summed E-state index contributed by atoms with van der Waals surface area (Å²) in [5.74, 6) is 1.78. The van der Waals surface area contributed by atoms with E-state index >= 15 is 0 Å². The van der Waals surface area contributed by atoms with Gasteiger partial charge in [-0.15, -0.1) is 0 Å². The molecule has 1 N–H and O–H groups in total. The molecule has 152 valence electrons. The van der Waals surface area contributed by atoms with E-state index in [1.54, 1.807) is 17.6 Å². The Hall–Kier alpha value is -3.87. The number of nitrogens with zero attached hydrogens (tertiary/aromatic N) is 3. The van der Waals surface area contributed by atoms with Gasteiger partial charge in [-0.1, -0.05) is 25.1 Å². The molecule has 4 aromatic rings. The lowest BCUT2D eigenvalue weighted by Crippen LogP contribution is -2.06. The Morgan fingerprint density at radius 3 is 2.47 bits per heavy atom. The van der Waals surface area contributed by atoms with Gasteiger partial charge in [-0.3, -0.25) is 0 Å². The van der Waals surface area contributed by atoms with Crippen LogP contribution in [0.2, 0.25) is 0 Å². The number of aryl methyl sites for hydroxylation is 1. The van der Waals surface area contributed by atoms with Crippen molar-refractivity contribution in [3.05, 3.63) is 78.2 Å². The Balaban J connectivity index is 1.61. The van der Waals surface area contributed by atoms with Crippen molar-refractivity contribution in [1.29, 1.82) is 0 Å². The first-order valence-electron chi connectivity index (χ1n) is 9.82. The molecule has 2 aromatic carbocycles. The maximum Gasteiger partial charge on any atom is 0.340 e. The highest BCUT2D eigenvalue weighted by Gasteiger charge is 2.20. The number of carbonyl (C=O) groups excluding carboxylic acids is 1. The van der Waals surface area contributed by atoms with Crippen LogP contribution < -0.4 is 10.1 Å². The van der Waals surface area contributed by atoms with Gasteiger partial charge in [0.1, 0.15) is 23.3 Å². The number of aromatic nitrogens is 3. The Kier molecular flexibility index (Phi) is 5.61. The molecule has 2 aromatic heterocycles. The maximum atomic E-state index is 12.3. The van der Waals surface area contributed by atoms with Crippen LogP contribution in [0.4, 0.5) is 11.5 Å². The average Bonchev–Trinajstić information content (AvgIpc) is 3.16. The molecule has 2 heterocycles. The highest BCUT2D eigenvalue weighted by Crippen LogP contribution is 2.28. The zero-order valence-electron chi connectivity index (χ0n) is 16.8. The van der Waals surface area contributed by atoms with Crippen LogP contribution in [0.5, 0.6) is 11.5 Å². The number of hydrogen-bond acceptors (Lipinski definition) is 6. The zero-order valence-corrected chi connectivity index (χ0v) is 16.8. The Labute approximate surface area is 174 Å². The van der Waals surface area contributed by atoms with Crippen LogP contribution in [-0.4, -0.2) is 27.2 Å². The maximum absolute atomic E-state index is 12.3. The molecule has 0 saturated heterocycles. The molecular formula is C23H22N4O3. The average molecular weight is 402 g/mol. The fourth-order valence-electron chi connectivity index (χ4n) is 3.28. The van der Waals surface area contributed by atoms with E-state index in [0.29, 0.717) is 24.4 Å². The molecule has 0 amide bonds. The third-order valence-corrected chi connectivity index (χ3v) is 4.62. The van der Waals surface area contributed by atoms with Crippen LogP contribution in [0, 0.1) is 0 Å². The summed E-state index contributed by atoms with van der Waals surface area (Å²) in [6, 6.07) is 17.2. The quantitative estimate of drug-likeness (QED) is 0.438. The first-order chi connectivity index (χ1) is 14.7. The Bertz CT molecular complexity index is 1150. The minimum absolute atomic E-state index is 0.322. The van der Waals surface area contributed by atoms with Gasteiger partial charge in [0.2, 0.25) is 0 Å². The van der Waals surface area contributed by atoms with Crippen molar-refractivity contribution in [2.75, 3.05) is 11.9 Å². The van der Waals surface area contributed by atoms with Gasteiger partial charge in [-0.2, -0.15) is 5.10 Å². The largest absolute Gasteiger partial charge is 0.462 e. The fraction of sp³-hybridized carbons (Fsp3) is 0.174. The standard InChI is InChI=1S/C23H22N4O3/c1-3-19-20(23(28)29-4-2)14-27-21(19)22(24-15-25-27)26-16-10-12-18(13-11-16)30-17-8-6-5-7-9-17/h5-15H,3-4H2,1-2H3,(H,24,25,26). The lowest BCUT2D eigenvalue weighted by molar-refractivity contribution is 0.0525. The van der Waals surface area contributed by atoms with Crippen molar-refractivity contribution >= 4 is 23.0 Å². The molecule has 0 saturated carbocycles. The van der Waals surface area contributed by atoms with Crippen LogP contribution in [0.15, 0.2) is 67.1 Å². The summed E-state index contributed by atoms with van der Waals surface area (Å²) in [7, 11) is 0. The normalized spacial score (nSPS) is 10.7. The SMILES string of the molecule is CCOC(=O)c1cn2ncnc(Nc3ccc(Oc4ccccc4)cc3)c2c1CC. The van der Waals surface area contributed by atoms with E-state index in [4.69, 9.17) is 9.47 Å². The molecule has 7 heteroatoms. The number of para-hydroxylation sites is 1. The summed E-state index contributed by atoms with van der Waals surface area (Å²) in [6.45, 7) is 4.10. The van der Waals surface area contributed by atoms with Gasteiger partial charge in [0.25, 0.3) is 0 Å². The van der Waals surface area contributed by atoms with Crippen molar-refractivity contribution in [3.8, 4) is 11.5 Å². The van der Waals surface area contributed by atoms with E-state index in [0.717, 1.165) is 28.3 Å². The number of hydrogen-bond donors (Lipinski definition) is 1. The predicted octanol–water partition coefficient (Wildman–Crippen LogP) is 5.00. The van der Waals surface area contributed by atoms with E-state index in [9.17, 15) is 4.79 Å². The summed E-state index contributed by atoms with van der Waals surface area (Å²) < 4.78 is 12.7. The van der Waals surface area contributed by atoms with E-state index < -0.39 is 0 Å². The number of anilines is 2. The molecule has 0 atom stereocenters. The number of esters is 1. The van der Waals surface area contributed by atoms with E-state index in [2.05, 4.69) is 15.4 Å². The monoisotopic (exact) mass is 402 g/mol. The number of rotatable bonds is 7. The molecule has 0 aliphatic rings. The first kappa shape index (κ1) is 19.4. The second-order valence-corrected chi connectivity index (χ2v) is 6.56. The molecule has 0 aliphatic heterocycles. The van der Waals surface area contributed by atoms with E-state index in [1.165, 1.54) is 6.33 Å². The molecular weight excluding hydrogens is 380 g/mol. The highest BCUT2D eigenvalue weighted by atomic mass is 16.5. The van der Waals surface area contributed by atoms with Crippen molar-refractivity contribution in [1.82, 2.24) is 14.6 Å². The Morgan fingerprint density at radius 1 is 1.03 bits per heavy atom. The Morgan fingerprint density at radius 2 is 1.77 bits per heavy atom. The van der Waals surface area contributed by atoms with Crippen molar-refractivity contribution in [2.24, 2.45) is 0 Å². The van der Waals surface area contributed by atoms with Crippen LogP contribution in [-0.2, 0) is 11.2 Å². The lowest BCUT2D eigenvalue weighted by Gasteiger charge is -2.10. The van der Waals surface area contributed by atoms with Gasteiger partial charge in [0.05, 0.1) is 12.2 Å². The molecule has 0 spiro atoms. The summed E-state index contributed by atoms with van der Waals surface area (Å²) in [4.78, 5) is 16.7. The van der Waals surface area contributed by atoms with Gasteiger partial charge in [-0.05, 0) is 55.3 Å². The van der Waals surface area contributed by atoms with Crippen LogP contribution >= 0.6 is 0 Å². The number of carbonyl (C=O) groups is 1. The number of ether oxygens (including phenoxy) is 2. The molecule has 0 unspecified atom stereocenters. The van der Waals surface area contributed by atoms with Crippen LogP contribution in [0.3, 0.4) is 0 Å². The highest BCUT2D eigenvalue weighted by molar-refractivity contribution is 5.95. The minimum atomic E-state index is -0.354. The van der Waals surface area contributed by atoms with Crippen LogP contribution in [0.1, 0.15) is 29.8 Å². The van der Waals surface area contributed by atoms with Crippen LogP contribution in [0.25, 0.3) is 5.52 Å². The number of nitrogens with one attached hydrogen (secondary N) is 1. The second-order valence-electron chi connectivity index (χ2n) is 6.56. The zero-order chi connectivity index (χ0) is 20.9.